The average Bonchev–Trinajstić information content (AvgIpc) is 2.60. The zero-order chi connectivity index (χ0) is 18.4. The van der Waals surface area contributed by atoms with Crippen LogP contribution in [0.1, 0.15) is 10.4 Å². The highest BCUT2D eigenvalue weighted by Crippen LogP contribution is 2.25. The predicted octanol–water partition coefficient (Wildman–Crippen LogP) is 3.05. The maximum absolute atomic E-state index is 11.9. The van der Waals surface area contributed by atoms with E-state index in [9.17, 15) is 19.7 Å². The number of carbonyl (C=O) groups excluding carboxylic acids is 2. The zero-order valence-corrected chi connectivity index (χ0v) is 13.8. The van der Waals surface area contributed by atoms with Crippen LogP contribution in [0.4, 0.5) is 11.4 Å². The number of halogens is 1. The maximum Gasteiger partial charge on any atom is 0.338 e. The fourth-order valence-electron chi connectivity index (χ4n) is 1.87. The molecule has 0 aliphatic carbocycles. The van der Waals surface area contributed by atoms with Gasteiger partial charge in [0.1, 0.15) is 10.8 Å². The lowest BCUT2D eigenvalue weighted by Gasteiger charge is -2.07. The Hall–Kier alpha value is -3.13. The number of nitro benzene ring substituents is 1. The molecule has 130 valence electrons. The molecule has 8 nitrogen and oxygen atoms in total. The molecular weight excluding hydrogens is 352 g/mol. The first-order valence-corrected chi connectivity index (χ1v) is 7.33. The number of hydrogen-bond donors (Lipinski definition) is 1. The molecule has 25 heavy (non-hydrogen) atoms. The molecule has 1 amide bonds. The van der Waals surface area contributed by atoms with Gasteiger partial charge >= 0.3 is 5.97 Å². The van der Waals surface area contributed by atoms with Crippen LogP contribution in [0.5, 0.6) is 5.75 Å². The van der Waals surface area contributed by atoms with Gasteiger partial charge in [-0.3, -0.25) is 14.9 Å². The first-order valence-electron chi connectivity index (χ1n) is 6.95. The van der Waals surface area contributed by atoms with Crippen LogP contribution in [0.25, 0.3) is 0 Å². The summed E-state index contributed by atoms with van der Waals surface area (Å²) in [5.74, 6) is -0.791. The summed E-state index contributed by atoms with van der Waals surface area (Å²) in [5.41, 5.74) is 0.0103. The van der Waals surface area contributed by atoms with E-state index < -0.39 is 29.1 Å². The SMILES string of the molecule is COc1ccc(NC(=O)COC(=O)c2ccc(Cl)c([N+](=O)[O-])c2)cc1. The molecule has 1 N–H and O–H groups in total. The highest BCUT2D eigenvalue weighted by atomic mass is 35.5. The van der Waals surface area contributed by atoms with Crippen LogP contribution in [-0.2, 0) is 9.53 Å². The molecule has 9 heteroatoms. The van der Waals surface area contributed by atoms with Crippen molar-refractivity contribution in [1.82, 2.24) is 0 Å². The van der Waals surface area contributed by atoms with Crippen molar-refractivity contribution < 1.29 is 24.0 Å². The van der Waals surface area contributed by atoms with Crippen molar-refractivity contribution in [2.45, 2.75) is 0 Å². The first-order chi connectivity index (χ1) is 11.9. The summed E-state index contributed by atoms with van der Waals surface area (Å²) in [6.45, 7) is -0.540. The number of anilines is 1. The van der Waals surface area contributed by atoms with E-state index in [-0.39, 0.29) is 10.6 Å². The molecule has 0 unspecified atom stereocenters. The lowest BCUT2D eigenvalue weighted by Crippen LogP contribution is -2.20. The summed E-state index contributed by atoms with van der Waals surface area (Å²) in [5, 5.41) is 13.2. The Morgan fingerprint density at radius 1 is 1.20 bits per heavy atom. The molecular formula is C16H13ClN2O6. The minimum atomic E-state index is -0.871. The summed E-state index contributed by atoms with van der Waals surface area (Å²) in [6.07, 6.45) is 0. The van der Waals surface area contributed by atoms with Gasteiger partial charge in [-0.1, -0.05) is 11.6 Å². The van der Waals surface area contributed by atoms with E-state index >= 15 is 0 Å². The third kappa shape index (κ3) is 4.92. The van der Waals surface area contributed by atoms with Crippen LogP contribution < -0.4 is 10.1 Å². The second-order valence-corrected chi connectivity index (χ2v) is 5.18. The quantitative estimate of drug-likeness (QED) is 0.479. The molecule has 0 radical (unpaired) electrons. The molecule has 2 rings (SSSR count). The summed E-state index contributed by atoms with van der Waals surface area (Å²) in [4.78, 5) is 33.8. The predicted molar refractivity (Wildman–Crippen MR) is 90.0 cm³/mol. The summed E-state index contributed by atoms with van der Waals surface area (Å²) in [6, 6.07) is 10.1. The van der Waals surface area contributed by atoms with Crippen LogP contribution in [-0.4, -0.2) is 30.5 Å². The molecule has 0 spiro atoms. The number of methoxy groups -OCH3 is 1. The molecule has 2 aromatic carbocycles. The van der Waals surface area contributed by atoms with Crippen LogP contribution in [0, 0.1) is 10.1 Å². The molecule has 0 aliphatic rings. The topological polar surface area (TPSA) is 108 Å². The van der Waals surface area contributed by atoms with Gasteiger partial charge in [-0.25, -0.2) is 4.79 Å². The molecule has 0 atom stereocenters. The van der Waals surface area contributed by atoms with Gasteiger partial charge in [0, 0.05) is 11.8 Å². The lowest BCUT2D eigenvalue weighted by atomic mass is 10.2. The summed E-state index contributed by atoms with van der Waals surface area (Å²) in [7, 11) is 1.52. The van der Waals surface area contributed by atoms with Crippen molar-refractivity contribution in [3.63, 3.8) is 0 Å². The third-order valence-corrected chi connectivity index (χ3v) is 3.41. The number of nitrogens with zero attached hydrogens (tertiary/aromatic N) is 1. The van der Waals surface area contributed by atoms with E-state index in [0.717, 1.165) is 6.07 Å². The number of rotatable bonds is 6. The minimum Gasteiger partial charge on any atom is -0.497 e. The number of amides is 1. The van der Waals surface area contributed by atoms with E-state index in [1.54, 1.807) is 24.3 Å². The van der Waals surface area contributed by atoms with Gasteiger partial charge in [0.15, 0.2) is 6.61 Å². The van der Waals surface area contributed by atoms with Crippen LogP contribution >= 0.6 is 11.6 Å². The number of hydrogen-bond acceptors (Lipinski definition) is 6. The van der Waals surface area contributed by atoms with E-state index in [4.69, 9.17) is 21.1 Å². The Morgan fingerprint density at radius 2 is 1.88 bits per heavy atom. The summed E-state index contributed by atoms with van der Waals surface area (Å²) >= 11 is 5.67. The van der Waals surface area contributed by atoms with Crippen LogP contribution in [0.3, 0.4) is 0 Å². The fourth-order valence-corrected chi connectivity index (χ4v) is 2.05. The van der Waals surface area contributed by atoms with Crippen molar-refractivity contribution >= 4 is 34.9 Å². The molecule has 0 saturated heterocycles. The zero-order valence-electron chi connectivity index (χ0n) is 13.0. The van der Waals surface area contributed by atoms with Crippen molar-refractivity contribution in [1.29, 1.82) is 0 Å². The van der Waals surface area contributed by atoms with Gasteiger partial charge < -0.3 is 14.8 Å². The fraction of sp³-hybridized carbons (Fsp3) is 0.125. The van der Waals surface area contributed by atoms with Crippen molar-refractivity contribution in [3.05, 3.63) is 63.2 Å². The van der Waals surface area contributed by atoms with E-state index in [2.05, 4.69) is 5.32 Å². The first kappa shape index (κ1) is 18.2. The van der Waals surface area contributed by atoms with E-state index in [1.807, 2.05) is 0 Å². The monoisotopic (exact) mass is 364 g/mol. The number of benzene rings is 2. The summed E-state index contributed by atoms with van der Waals surface area (Å²) < 4.78 is 9.84. The van der Waals surface area contributed by atoms with Crippen LogP contribution in [0.15, 0.2) is 42.5 Å². The highest BCUT2D eigenvalue weighted by Gasteiger charge is 2.18. The van der Waals surface area contributed by atoms with Crippen LogP contribution in [0.2, 0.25) is 5.02 Å². The molecule has 0 fully saturated rings. The Balaban J connectivity index is 1.93. The lowest BCUT2D eigenvalue weighted by molar-refractivity contribution is -0.384. The molecule has 0 bridgehead atoms. The Labute approximate surface area is 147 Å². The van der Waals surface area contributed by atoms with Crippen molar-refractivity contribution in [2.24, 2.45) is 0 Å². The molecule has 2 aromatic rings. The van der Waals surface area contributed by atoms with Crippen molar-refractivity contribution in [3.8, 4) is 5.75 Å². The number of esters is 1. The molecule has 0 saturated carbocycles. The normalized spacial score (nSPS) is 10.0. The Bertz CT molecular complexity index is 807. The standard InChI is InChI=1S/C16H13ClN2O6/c1-24-12-5-3-11(4-6-12)18-15(20)9-25-16(21)10-2-7-13(17)14(8-10)19(22)23/h2-8H,9H2,1H3,(H,18,20). The Morgan fingerprint density at radius 3 is 2.48 bits per heavy atom. The highest BCUT2D eigenvalue weighted by molar-refractivity contribution is 6.32. The molecule has 0 aliphatic heterocycles. The maximum atomic E-state index is 11.9. The van der Waals surface area contributed by atoms with Gasteiger partial charge in [-0.15, -0.1) is 0 Å². The van der Waals surface area contributed by atoms with E-state index in [1.165, 1.54) is 19.2 Å². The van der Waals surface area contributed by atoms with Gasteiger partial charge in [0.2, 0.25) is 0 Å². The largest absolute Gasteiger partial charge is 0.497 e. The van der Waals surface area contributed by atoms with Gasteiger partial charge in [0.05, 0.1) is 17.6 Å². The smallest absolute Gasteiger partial charge is 0.338 e. The van der Waals surface area contributed by atoms with Gasteiger partial charge in [-0.05, 0) is 36.4 Å². The number of ether oxygens (including phenoxy) is 2. The van der Waals surface area contributed by atoms with Crippen molar-refractivity contribution in [2.75, 3.05) is 19.0 Å². The van der Waals surface area contributed by atoms with Gasteiger partial charge in [-0.2, -0.15) is 0 Å². The molecule has 0 aromatic heterocycles. The average molecular weight is 365 g/mol. The minimum absolute atomic E-state index is 0.0756. The number of nitrogens with one attached hydrogen (secondary N) is 1. The second-order valence-electron chi connectivity index (χ2n) is 4.78. The Kier molecular flexibility index (Phi) is 5.91. The van der Waals surface area contributed by atoms with E-state index in [0.29, 0.717) is 11.4 Å². The molecule has 0 heterocycles. The van der Waals surface area contributed by atoms with Gasteiger partial charge in [0.25, 0.3) is 11.6 Å². The third-order valence-electron chi connectivity index (χ3n) is 3.09. The number of carbonyl (C=O) groups is 2. The number of nitro groups is 1. The second kappa shape index (κ2) is 8.11.